The zero-order valence-electron chi connectivity index (χ0n) is 11.0. The zero-order valence-corrected chi connectivity index (χ0v) is 11.8. The van der Waals surface area contributed by atoms with Crippen molar-refractivity contribution in [1.29, 1.82) is 0 Å². The maximum absolute atomic E-state index is 9.88. The summed E-state index contributed by atoms with van der Waals surface area (Å²) in [4.78, 5) is 0. The van der Waals surface area contributed by atoms with Crippen molar-refractivity contribution in [2.45, 2.75) is 12.6 Å². The van der Waals surface area contributed by atoms with Crippen LogP contribution in [0.3, 0.4) is 0 Å². The Morgan fingerprint density at radius 1 is 1.20 bits per heavy atom. The second kappa shape index (κ2) is 7.58. The van der Waals surface area contributed by atoms with Crippen LogP contribution in [-0.4, -0.2) is 5.11 Å². The highest BCUT2D eigenvalue weighted by Gasteiger charge is 2.08. The van der Waals surface area contributed by atoms with Crippen LogP contribution in [-0.2, 0) is 6.61 Å². The predicted molar refractivity (Wildman–Crippen MR) is 83.3 cm³/mol. The molecule has 0 heterocycles. The number of rotatable bonds is 5. The molecule has 0 saturated carbocycles. The van der Waals surface area contributed by atoms with E-state index >= 15 is 0 Å². The van der Waals surface area contributed by atoms with Crippen molar-refractivity contribution >= 4 is 12.4 Å². The third-order valence-electron chi connectivity index (χ3n) is 2.86. The van der Waals surface area contributed by atoms with Crippen LogP contribution in [0.1, 0.15) is 17.2 Å². The van der Waals surface area contributed by atoms with Crippen molar-refractivity contribution in [1.82, 2.24) is 0 Å². The van der Waals surface area contributed by atoms with Crippen molar-refractivity contribution in [2.24, 2.45) is 5.73 Å². The summed E-state index contributed by atoms with van der Waals surface area (Å²) in [6.07, 6.45) is 1.58. The standard InChI is InChI=1S/C16H17NO2.ClH/c1-2-15(17)14-9-8-13(10-16(14)18)19-11-12-6-4-3-5-7-12;/h2-10,15,18H,1,11,17H2;1H/t15-;/m0./s1. The number of hydrogen-bond donors (Lipinski definition) is 2. The molecule has 0 radical (unpaired) electrons. The SMILES string of the molecule is C=C[C@H](N)c1ccc(OCc2ccccc2)cc1O.Cl. The van der Waals surface area contributed by atoms with Crippen LogP contribution in [0.25, 0.3) is 0 Å². The van der Waals surface area contributed by atoms with Gasteiger partial charge in [-0.2, -0.15) is 0 Å². The van der Waals surface area contributed by atoms with E-state index in [4.69, 9.17) is 10.5 Å². The van der Waals surface area contributed by atoms with Gasteiger partial charge in [0, 0.05) is 11.6 Å². The Balaban J connectivity index is 0.00000200. The molecule has 3 nitrogen and oxygen atoms in total. The molecule has 2 aromatic carbocycles. The van der Waals surface area contributed by atoms with E-state index in [1.165, 1.54) is 0 Å². The minimum Gasteiger partial charge on any atom is -0.507 e. The number of phenols is 1. The maximum atomic E-state index is 9.88. The predicted octanol–water partition coefficient (Wildman–Crippen LogP) is 3.58. The summed E-state index contributed by atoms with van der Waals surface area (Å²) in [5, 5.41) is 9.88. The number of phenolic OH excluding ortho intramolecular Hbond substituents is 1. The van der Waals surface area contributed by atoms with Crippen LogP contribution in [0.5, 0.6) is 11.5 Å². The number of hydrogen-bond acceptors (Lipinski definition) is 3. The largest absolute Gasteiger partial charge is 0.507 e. The van der Waals surface area contributed by atoms with Crippen molar-refractivity contribution in [2.75, 3.05) is 0 Å². The summed E-state index contributed by atoms with van der Waals surface area (Å²) >= 11 is 0. The van der Waals surface area contributed by atoms with E-state index in [1.807, 2.05) is 30.3 Å². The van der Waals surface area contributed by atoms with E-state index in [-0.39, 0.29) is 24.2 Å². The summed E-state index contributed by atoms with van der Waals surface area (Å²) in [6, 6.07) is 14.6. The molecule has 0 aliphatic carbocycles. The number of benzene rings is 2. The van der Waals surface area contributed by atoms with Crippen molar-refractivity contribution in [3.63, 3.8) is 0 Å². The van der Waals surface area contributed by atoms with Crippen LogP contribution in [0.2, 0.25) is 0 Å². The Morgan fingerprint density at radius 3 is 2.50 bits per heavy atom. The van der Waals surface area contributed by atoms with E-state index in [0.29, 0.717) is 17.9 Å². The van der Waals surface area contributed by atoms with Crippen LogP contribution >= 0.6 is 12.4 Å². The van der Waals surface area contributed by atoms with Crippen molar-refractivity contribution in [3.8, 4) is 11.5 Å². The highest BCUT2D eigenvalue weighted by Crippen LogP contribution is 2.28. The van der Waals surface area contributed by atoms with Gasteiger partial charge in [-0.15, -0.1) is 19.0 Å². The van der Waals surface area contributed by atoms with Gasteiger partial charge in [0.15, 0.2) is 0 Å². The molecule has 2 rings (SSSR count). The molecule has 0 fully saturated rings. The number of aromatic hydroxyl groups is 1. The molecule has 1 atom stereocenters. The maximum Gasteiger partial charge on any atom is 0.124 e. The van der Waals surface area contributed by atoms with Crippen molar-refractivity contribution in [3.05, 3.63) is 72.3 Å². The average molecular weight is 292 g/mol. The van der Waals surface area contributed by atoms with Gasteiger partial charge in [0.05, 0.1) is 6.04 Å². The minimum atomic E-state index is -0.372. The number of halogens is 1. The fourth-order valence-electron chi connectivity index (χ4n) is 1.76. The lowest BCUT2D eigenvalue weighted by molar-refractivity contribution is 0.304. The highest BCUT2D eigenvalue weighted by atomic mass is 35.5. The molecule has 20 heavy (non-hydrogen) atoms. The van der Waals surface area contributed by atoms with Crippen LogP contribution in [0, 0.1) is 0 Å². The molecule has 0 spiro atoms. The molecule has 2 aromatic rings. The fourth-order valence-corrected chi connectivity index (χ4v) is 1.76. The fraction of sp³-hybridized carbons (Fsp3) is 0.125. The van der Waals surface area contributed by atoms with E-state index < -0.39 is 0 Å². The van der Waals surface area contributed by atoms with Gasteiger partial charge in [-0.25, -0.2) is 0 Å². The Labute approximate surface area is 125 Å². The zero-order chi connectivity index (χ0) is 13.7. The van der Waals surface area contributed by atoms with Gasteiger partial charge < -0.3 is 15.6 Å². The molecule has 0 aliphatic rings. The topological polar surface area (TPSA) is 55.5 Å². The molecule has 0 aliphatic heterocycles. The first-order valence-electron chi connectivity index (χ1n) is 6.08. The van der Waals surface area contributed by atoms with Gasteiger partial charge in [-0.05, 0) is 17.7 Å². The molecule has 0 bridgehead atoms. The molecule has 0 aromatic heterocycles. The lowest BCUT2D eigenvalue weighted by Crippen LogP contribution is -2.06. The van der Waals surface area contributed by atoms with E-state index in [9.17, 15) is 5.11 Å². The smallest absolute Gasteiger partial charge is 0.124 e. The van der Waals surface area contributed by atoms with E-state index in [0.717, 1.165) is 5.56 Å². The highest BCUT2D eigenvalue weighted by molar-refractivity contribution is 5.85. The van der Waals surface area contributed by atoms with Gasteiger partial charge in [-0.1, -0.05) is 36.4 Å². The molecular weight excluding hydrogens is 274 g/mol. The normalized spacial score (nSPS) is 11.2. The molecular formula is C16H18ClNO2. The first-order valence-corrected chi connectivity index (χ1v) is 6.08. The monoisotopic (exact) mass is 291 g/mol. The van der Waals surface area contributed by atoms with Gasteiger partial charge in [0.1, 0.15) is 18.1 Å². The Hall–Kier alpha value is -1.97. The van der Waals surface area contributed by atoms with Gasteiger partial charge in [-0.3, -0.25) is 0 Å². The van der Waals surface area contributed by atoms with Crippen LogP contribution < -0.4 is 10.5 Å². The third-order valence-corrected chi connectivity index (χ3v) is 2.86. The lowest BCUT2D eigenvalue weighted by atomic mass is 10.1. The second-order valence-corrected chi connectivity index (χ2v) is 4.26. The van der Waals surface area contributed by atoms with Crippen LogP contribution in [0.4, 0.5) is 0 Å². The number of ether oxygens (including phenoxy) is 1. The second-order valence-electron chi connectivity index (χ2n) is 4.26. The van der Waals surface area contributed by atoms with Crippen LogP contribution in [0.15, 0.2) is 61.2 Å². The van der Waals surface area contributed by atoms with Gasteiger partial charge >= 0.3 is 0 Å². The Morgan fingerprint density at radius 2 is 1.90 bits per heavy atom. The quantitative estimate of drug-likeness (QED) is 0.828. The minimum absolute atomic E-state index is 0. The summed E-state index contributed by atoms with van der Waals surface area (Å²) in [5.74, 6) is 0.735. The molecule has 106 valence electrons. The first kappa shape index (κ1) is 16.1. The summed E-state index contributed by atoms with van der Waals surface area (Å²) in [6.45, 7) is 4.07. The van der Waals surface area contributed by atoms with Gasteiger partial charge in [0.2, 0.25) is 0 Å². The average Bonchev–Trinajstić information content (AvgIpc) is 2.45. The molecule has 4 heteroatoms. The summed E-state index contributed by atoms with van der Waals surface area (Å²) in [7, 11) is 0. The molecule has 3 N–H and O–H groups in total. The van der Waals surface area contributed by atoms with E-state index in [2.05, 4.69) is 6.58 Å². The summed E-state index contributed by atoms with van der Waals surface area (Å²) < 4.78 is 5.61. The number of nitrogens with two attached hydrogens (primary N) is 1. The van der Waals surface area contributed by atoms with Gasteiger partial charge in [0.25, 0.3) is 0 Å². The Bertz CT molecular complexity index is 558. The molecule has 0 amide bonds. The first-order chi connectivity index (χ1) is 9.20. The third kappa shape index (κ3) is 4.02. The molecule has 0 saturated heterocycles. The Kier molecular flexibility index (Phi) is 6.10. The van der Waals surface area contributed by atoms with Crippen molar-refractivity contribution < 1.29 is 9.84 Å². The lowest BCUT2D eigenvalue weighted by Gasteiger charge is -2.11. The molecule has 0 unspecified atom stereocenters. The van der Waals surface area contributed by atoms with E-state index in [1.54, 1.807) is 24.3 Å². The summed E-state index contributed by atoms with van der Waals surface area (Å²) in [5.41, 5.74) is 7.51.